The summed E-state index contributed by atoms with van der Waals surface area (Å²) in [4.78, 5) is 4.46. The van der Waals surface area contributed by atoms with Crippen molar-refractivity contribution in [1.29, 1.82) is 5.41 Å². The van der Waals surface area contributed by atoms with Crippen molar-refractivity contribution >= 4 is 5.96 Å². The second kappa shape index (κ2) is 8.34. The van der Waals surface area contributed by atoms with Crippen LogP contribution < -0.4 is 5.73 Å². The zero-order chi connectivity index (χ0) is 12.5. The van der Waals surface area contributed by atoms with Gasteiger partial charge in [-0.3, -0.25) is 10.3 Å². The molecule has 1 aliphatic rings. The molecule has 0 aliphatic carbocycles. The highest BCUT2D eigenvalue weighted by atomic mass is 15.3. The smallest absolute Gasteiger partial charge is 0.188 e. The van der Waals surface area contributed by atoms with E-state index in [-0.39, 0.29) is 5.96 Å². The van der Waals surface area contributed by atoms with E-state index in [2.05, 4.69) is 11.8 Å². The van der Waals surface area contributed by atoms with E-state index in [4.69, 9.17) is 11.1 Å². The lowest BCUT2D eigenvalue weighted by Gasteiger charge is -2.34. The van der Waals surface area contributed by atoms with Gasteiger partial charge in [-0.05, 0) is 13.0 Å². The van der Waals surface area contributed by atoms with Gasteiger partial charge in [0, 0.05) is 26.2 Å². The number of piperazine rings is 1. The van der Waals surface area contributed by atoms with E-state index in [0.29, 0.717) is 0 Å². The molecule has 0 atom stereocenters. The number of guanidine groups is 1. The van der Waals surface area contributed by atoms with Crippen LogP contribution in [0.1, 0.15) is 45.4 Å². The minimum Gasteiger partial charge on any atom is -0.370 e. The maximum Gasteiger partial charge on any atom is 0.188 e. The second-order valence-corrected chi connectivity index (χ2v) is 4.98. The molecule has 0 unspecified atom stereocenters. The van der Waals surface area contributed by atoms with E-state index in [1.54, 1.807) is 0 Å². The van der Waals surface area contributed by atoms with E-state index < -0.39 is 0 Å². The molecule has 4 heteroatoms. The van der Waals surface area contributed by atoms with Crippen molar-refractivity contribution in [2.45, 2.75) is 45.4 Å². The SMILES string of the molecule is CCCCCCCCN1CCN(C(=N)N)CC1. The van der Waals surface area contributed by atoms with E-state index in [1.807, 2.05) is 4.90 Å². The van der Waals surface area contributed by atoms with Crippen molar-refractivity contribution in [2.24, 2.45) is 5.73 Å². The van der Waals surface area contributed by atoms with Gasteiger partial charge < -0.3 is 10.6 Å². The molecule has 0 aromatic rings. The molecule has 3 N–H and O–H groups in total. The lowest BCUT2D eigenvalue weighted by molar-refractivity contribution is 0.177. The highest BCUT2D eigenvalue weighted by molar-refractivity contribution is 5.74. The van der Waals surface area contributed by atoms with Crippen molar-refractivity contribution < 1.29 is 0 Å². The summed E-state index contributed by atoms with van der Waals surface area (Å²) in [5.41, 5.74) is 5.47. The van der Waals surface area contributed by atoms with Crippen LogP contribution in [-0.4, -0.2) is 48.5 Å². The minimum absolute atomic E-state index is 0.226. The quantitative estimate of drug-likeness (QED) is 0.406. The van der Waals surface area contributed by atoms with Crippen molar-refractivity contribution in [3.63, 3.8) is 0 Å². The molecule has 0 spiro atoms. The Morgan fingerprint density at radius 3 is 2.18 bits per heavy atom. The summed E-state index contributed by atoms with van der Waals surface area (Å²) in [7, 11) is 0. The molecular weight excluding hydrogens is 212 g/mol. The number of nitrogens with two attached hydrogens (primary N) is 1. The molecule has 1 rings (SSSR count). The van der Waals surface area contributed by atoms with Crippen LogP contribution in [0.15, 0.2) is 0 Å². The van der Waals surface area contributed by atoms with Gasteiger partial charge >= 0.3 is 0 Å². The number of hydrogen-bond donors (Lipinski definition) is 2. The van der Waals surface area contributed by atoms with Crippen LogP contribution in [0.2, 0.25) is 0 Å². The van der Waals surface area contributed by atoms with Gasteiger partial charge in [0.1, 0.15) is 0 Å². The van der Waals surface area contributed by atoms with E-state index in [1.165, 1.54) is 45.1 Å². The third-order valence-electron chi connectivity index (χ3n) is 3.54. The van der Waals surface area contributed by atoms with Crippen LogP contribution in [0.25, 0.3) is 0 Å². The Kier molecular flexibility index (Phi) is 7.01. The first-order valence-electron chi connectivity index (χ1n) is 7.05. The second-order valence-electron chi connectivity index (χ2n) is 4.98. The molecule has 1 fully saturated rings. The molecule has 0 radical (unpaired) electrons. The van der Waals surface area contributed by atoms with Crippen LogP contribution in [0, 0.1) is 5.41 Å². The number of hydrogen-bond acceptors (Lipinski definition) is 2. The third kappa shape index (κ3) is 5.91. The summed E-state index contributed by atoms with van der Waals surface area (Å²) in [6, 6.07) is 0. The first-order chi connectivity index (χ1) is 8.24. The fourth-order valence-electron chi connectivity index (χ4n) is 2.33. The maximum atomic E-state index is 7.37. The van der Waals surface area contributed by atoms with E-state index in [0.717, 1.165) is 26.2 Å². The molecule has 17 heavy (non-hydrogen) atoms. The van der Waals surface area contributed by atoms with Crippen LogP contribution in [0.5, 0.6) is 0 Å². The monoisotopic (exact) mass is 240 g/mol. The molecule has 1 heterocycles. The van der Waals surface area contributed by atoms with Gasteiger partial charge in [0.05, 0.1) is 0 Å². The van der Waals surface area contributed by atoms with Gasteiger partial charge in [0.2, 0.25) is 0 Å². The minimum atomic E-state index is 0.226. The van der Waals surface area contributed by atoms with Gasteiger partial charge in [-0.1, -0.05) is 39.0 Å². The molecular formula is C13H28N4. The van der Waals surface area contributed by atoms with Crippen molar-refractivity contribution in [2.75, 3.05) is 32.7 Å². The lowest BCUT2D eigenvalue weighted by atomic mass is 10.1. The van der Waals surface area contributed by atoms with Crippen molar-refractivity contribution in [3.05, 3.63) is 0 Å². The largest absolute Gasteiger partial charge is 0.370 e. The van der Waals surface area contributed by atoms with E-state index in [9.17, 15) is 0 Å². The number of rotatable bonds is 7. The Morgan fingerprint density at radius 2 is 1.59 bits per heavy atom. The van der Waals surface area contributed by atoms with Crippen molar-refractivity contribution in [3.8, 4) is 0 Å². The Labute approximate surface area is 106 Å². The number of unbranched alkanes of at least 4 members (excludes halogenated alkanes) is 5. The predicted molar refractivity (Wildman–Crippen MR) is 73.3 cm³/mol. The van der Waals surface area contributed by atoms with Gasteiger partial charge in [0.15, 0.2) is 5.96 Å². The predicted octanol–water partition coefficient (Wildman–Crippen LogP) is 1.86. The summed E-state index contributed by atoms with van der Waals surface area (Å²) in [6.45, 7) is 7.45. The summed E-state index contributed by atoms with van der Waals surface area (Å²) in [5.74, 6) is 0.226. The Bertz CT molecular complexity index is 209. The molecule has 1 aliphatic heterocycles. The number of nitrogens with zero attached hydrogens (tertiary/aromatic N) is 2. The Hall–Kier alpha value is -0.770. The molecule has 0 amide bonds. The molecule has 0 bridgehead atoms. The van der Waals surface area contributed by atoms with Gasteiger partial charge in [0.25, 0.3) is 0 Å². The molecule has 4 nitrogen and oxygen atoms in total. The van der Waals surface area contributed by atoms with Crippen LogP contribution in [0.3, 0.4) is 0 Å². The standard InChI is InChI=1S/C13H28N4/c1-2-3-4-5-6-7-8-16-9-11-17(12-10-16)13(14)15/h2-12H2,1H3,(H3,14,15). The first kappa shape index (κ1) is 14.3. The maximum absolute atomic E-state index is 7.37. The molecule has 0 saturated carbocycles. The molecule has 100 valence electrons. The average Bonchev–Trinajstić information content (AvgIpc) is 2.34. The first-order valence-corrected chi connectivity index (χ1v) is 7.05. The normalized spacial score (nSPS) is 17.4. The summed E-state index contributed by atoms with van der Waals surface area (Å²) < 4.78 is 0. The molecule has 0 aromatic heterocycles. The Morgan fingerprint density at radius 1 is 1.00 bits per heavy atom. The summed E-state index contributed by atoms with van der Waals surface area (Å²) in [6.07, 6.45) is 8.19. The van der Waals surface area contributed by atoms with Crippen LogP contribution in [-0.2, 0) is 0 Å². The summed E-state index contributed by atoms with van der Waals surface area (Å²) >= 11 is 0. The zero-order valence-electron chi connectivity index (χ0n) is 11.2. The number of nitrogens with one attached hydrogen (secondary N) is 1. The van der Waals surface area contributed by atoms with Crippen LogP contribution in [0.4, 0.5) is 0 Å². The third-order valence-corrected chi connectivity index (χ3v) is 3.54. The van der Waals surface area contributed by atoms with Crippen LogP contribution >= 0.6 is 0 Å². The van der Waals surface area contributed by atoms with Gasteiger partial charge in [-0.2, -0.15) is 0 Å². The highest BCUT2D eigenvalue weighted by Gasteiger charge is 2.16. The topological polar surface area (TPSA) is 56.4 Å². The van der Waals surface area contributed by atoms with Gasteiger partial charge in [-0.25, -0.2) is 0 Å². The summed E-state index contributed by atoms with van der Waals surface area (Å²) in [5, 5.41) is 7.37. The highest BCUT2D eigenvalue weighted by Crippen LogP contribution is 2.07. The fourth-order valence-corrected chi connectivity index (χ4v) is 2.33. The lowest BCUT2D eigenvalue weighted by Crippen LogP contribution is -2.50. The molecule has 1 saturated heterocycles. The molecule has 0 aromatic carbocycles. The zero-order valence-corrected chi connectivity index (χ0v) is 11.2. The van der Waals surface area contributed by atoms with Gasteiger partial charge in [-0.15, -0.1) is 0 Å². The van der Waals surface area contributed by atoms with Crippen molar-refractivity contribution in [1.82, 2.24) is 9.80 Å². The Balaban J connectivity index is 1.97. The fraction of sp³-hybridized carbons (Fsp3) is 0.923. The van der Waals surface area contributed by atoms with E-state index >= 15 is 0 Å². The average molecular weight is 240 g/mol.